The van der Waals surface area contributed by atoms with Gasteiger partial charge in [-0.3, -0.25) is 4.90 Å². The van der Waals surface area contributed by atoms with Crippen LogP contribution in [-0.4, -0.2) is 46.7 Å². The van der Waals surface area contributed by atoms with Gasteiger partial charge in [-0.25, -0.2) is 9.78 Å². The van der Waals surface area contributed by atoms with E-state index in [1.54, 1.807) is 0 Å². The number of imidazole rings is 1. The summed E-state index contributed by atoms with van der Waals surface area (Å²) in [5.74, 6) is 1.36. The number of likely N-dealkylation sites (tertiary alicyclic amines) is 1. The van der Waals surface area contributed by atoms with Gasteiger partial charge in [-0.2, -0.15) is 0 Å². The average molecular weight is 475 g/mol. The number of fused-ring (bicyclic) bond motifs is 3. The van der Waals surface area contributed by atoms with Crippen LogP contribution in [0.3, 0.4) is 0 Å². The van der Waals surface area contributed by atoms with Crippen molar-refractivity contribution in [3.63, 3.8) is 0 Å². The summed E-state index contributed by atoms with van der Waals surface area (Å²) in [5.41, 5.74) is 4.94. The lowest BCUT2D eigenvalue weighted by molar-refractivity contribution is 0.116. The van der Waals surface area contributed by atoms with E-state index in [4.69, 9.17) is 9.72 Å². The smallest absolute Gasteiger partial charge is 0.407 e. The second-order valence-electron chi connectivity index (χ2n) is 8.79. The molecule has 0 radical (unpaired) electrons. The number of hydrogen-bond acceptors (Lipinski definition) is 4. The van der Waals surface area contributed by atoms with Crippen LogP contribution in [0.25, 0.3) is 11.3 Å². The Morgan fingerprint density at radius 3 is 2.87 bits per heavy atom. The van der Waals surface area contributed by atoms with Crippen LogP contribution in [0, 0.1) is 5.92 Å². The number of amides is 1. The fourth-order valence-corrected chi connectivity index (χ4v) is 5.48. The number of carbonyl (C=O) groups is 1. The molecule has 30 heavy (non-hydrogen) atoms. The van der Waals surface area contributed by atoms with Crippen LogP contribution in [0.5, 0.6) is 0 Å². The number of H-pyrrole nitrogens is 1. The number of aromatic nitrogens is 2. The minimum atomic E-state index is -0.368. The quantitative estimate of drug-likeness (QED) is 0.649. The maximum Gasteiger partial charge on any atom is 0.407 e. The number of ether oxygens (including phenoxy) is 1. The monoisotopic (exact) mass is 474 g/mol. The van der Waals surface area contributed by atoms with Gasteiger partial charge in [-0.05, 0) is 62.8 Å². The van der Waals surface area contributed by atoms with Gasteiger partial charge < -0.3 is 15.0 Å². The molecule has 2 aromatic rings. The van der Waals surface area contributed by atoms with Crippen LogP contribution in [0.15, 0.2) is 22.7 Å². The molecule has 4 rings (SSSR count). The third-order valence-corrected chi connectivity index (χ3v) is 7.10. The number of benzene rings is 1. The first-order valence-electron chi connectivity index (χ1n) is 10.9. The van der Waals surface area contributed by atoms with Crippen molar-refractivity contribution in [1.82, 2.24) is 20.2 Å². The highest BCUT2D eigenvalue weighted by molar-refractivity contribution is 9.10. The van der Waals surface area contributed by atoms with E-state index in [1.165, 1.54) is 23.9 Å². The number of nitrogens with one attached hydrogen (secondary N) is 2. The van der Waals surface area contributed by atoms with Crippen LogP contribution in [0.2, 0.25) is 0 Å². The van der Waals surface area contributed by atoms with Gasteiger partial charge in [0.05, 0.1) is 18.8 Å². The van der Waals surface area contributed by atoms with Crippen molar-refractivity contribution in [1.29, 1.82) is 0 Å². The highest BCUT2D eigenvalue weighted by Gasteiger charge is 2.37. The van der Waals surface area contributed by atoms with Gasteiger partial charge in [0.2, 0.25) is 0 Å². The van der Waals surface area contributed by atoms with Crippen LogP contribution in [0.1, 0.15) is 56.7 Å². The van der Waals surface area contributed by atoms with E-state index in [0.717, 1.165) is 48.2 Å². The Morgan fingerprint density at radius 1 is 1.33 bits per heavy atom. The predicted molar refractivity (Wildman–Crippen MR) is 121 cm³/mol. The number of rotatable bonds is 5. The number of nitrogens with zero attached hydrogens (tertiary/aromatic N) is 2. The van der Waals surface area contributed by atoms with E-state index >= 15 is 0 Å². The Labute approximate surface area is 186 Å². The van der Waals surface area contributed by atoms with E-state index in [2.05, 4.69) is 70.1 Å². The molecule has 1 fully saturated rings. The molecule has 2 heterocycles. The van der Waals surface area contributed by atoms with Crippen molar-refractivity contribution in [3.8, 4) is 11.3 Å². The Balaban J connectivity index is 1.60. The van der Waals surface area contributed by atoms with Crippen LogP contribution in [0.4, 0.5) is 4.79 Å². The fraction of sp³-hybridized carbons (Fsp3) is 0.565. The van der Waals surface area contributed by atoms with Crippen LogP contribution < -0.4 is 5.32 Å². The number of aryl methyl sites for hydroxylation is 2. The first-order valence-corrected chi connectivity index (χ1v) is 11.7. The van der Waals surface area contributed by atoms with Crippen molar-refractivity contribution in [2.45, 2.75) is 64.6 Å². The summed E-state index contributed by atoms with van der Waals surface area (Å²) in [5, 5.41) is 3.04. The summed E-state index contributed by atoms with van der Waals surface area (Å²) in [6, 6.07) is 6.92. The number of alkyl carbamates (subject to hydrolysis) is 1. The summed E-state index contributed by atoms with van der Waals surface area (Å²) < 4.78 is 5.98. The standard InChI is InChI=1S/C23H31BrN4O2/c1-13(2)20(27-23(29)30-4)14(3)28-11-5-6-19(28)22-25-18-10-7-15-12-16(24)8-9-17(15)21(18)26-22/h8-9,12-14,19-20H,5-7,10-11H2,1-4H3,(H,25,26)(H,27,29)/t14?,19-,20-/m0/s1. The second kappa shape index (κ2) is 8.71. The number of methoxy groups -OCH3 is 1. The Kier molecular flexibility index (Phi) is 6.21. The number of carbonyl (C=O) groups excluding carboxylic acids is 1. The van der Waals surface area contributed by atoms with Crippen molar-refractivity contribution in [3.05, 3.63) is 39.8 Å². The molecule has 1 saturated heterocycles. The largest absolute Gasteiger partial charge is 0.453 e. The topological polar surface area (TPSA) is 70.2 Å². The van der Waals surface area contributed by atoms with E-state index in [9.17, 15) is 4.79 Å². The molecule has 2 aliphatic rings. The van der Waals surface area contributed by atoms with Crippen molar-refractivity contribution >= 4 is 22.0 Å². The van der Waals surface area contributed by atoms with Gasteiger partial charge in [0.1, 0.15) is 5.82 Å². The first kappa shape index (κ1) is 21.4. The van der Waals surface area contributed by atoms with E-state index in [-0.39, 0.29) is 24.2 Å². The molecule has 1 aromatic carbocycles. The molecule has 2 N–H and O–H groups in total. The number of aromatic amines is 1. The zero-order chi connectivity index (χ0) is 21.4. The Bertz CT molecular complexity index is 926. The molecule has 3 atom stereocenters. The first-order chi connectivity index (χ1) is 14.4. The lowest BCUT2D eigenvalue weighted by atomic mass is 9.92. The molecule has 0 bridgehead atoms. The molecule has 1 unspecified atom stereocenters. The molecular formula is C23H31BrN4O2. The molecule has 0 spiro atoms. The molecule has 0 saturated carbocycles. The van der Waals surface area contributed by atoms with E-state index in [0.29, 0.717) is 5.92 Å². The van der Waals surface area contributed by atoms with Gasteiger partial charge in [-0.1, -0.05) is 35.8 Å². The maximum atomic E-state index is 11.9. The minimum absolute atomic E-state index is 0.0145. The Hall–Kier alpha value is -1.86. The van der Waals surface area contributed by atoms with Gasteiger partial charge in [0.15, 0.2) is 0 Å². The maximum absolute atomic E-state index is 11.9. The summed E-state index contributed by atoms with van der Waals surface area (Å²) in [4.78, 5) is 23.1. The van der Waals surface area contributed by atoms with Gasteiger partial charge in [0, 0.05) is 27.8 Å². The zero-order valence-corrected chi connectivity index (χ0v) is 19.8. The third kappa shape index (κ3) is 4.02. The minimum Gasteiger partial charge on any atom is -0.453 e. The van der Waals surface area contributed by atoms with E-state index in [1.807, 2.05) is 0 Å². The molecule has 6 nitrogen and oxygen atoms in total. The molecule has 1 aromatic heterocycles. The third-order valence-electron chi connectivity index (χ3n) is 6.60. The highest BCUT2D eigenvalue weighted by atomic mass is 79.9. The van der Waals surface area contributed by atoms with Crippen molar-refractivity contribution in [2.75, 3.05) is 13.7 Å². The summed E-state index contributed by atoms with van der Waals surface area (Å²) in [6.45, 7) is 7.49. The van der Waals surface area contributed by atoms with Crippen LogP contribution >= 0.6 is 15.9 Å². The predicted octanol–water partition coefficient (Wildman–Crippen LogP) is 4.84. The number of halogens is 1. The Morgan fingerprint density at radius 2 is 2.13 bits per heavy atom. The zero-order valence-electron chi connectivity index (χ0n) is 18.2. The molecule has 1 aliphatic carbocycles. The SMILES string of the molecule is COC(=O)N[C@@H](C(C)C)C(C)N1CCC[C@H]1c1nc2c([nH]1)CCc1cc(Br)ccc1-2. The molecular weight excluding hydrogens is 444 g/mol. The molecule has 162 valence electrons. The molecule has 1 aliphatic heterocycles. The fourth-order valence-electron chi connectivity index (χ4n) is 5.07. The van der Waals surface area contributed by atoms with Gasteiger partial charge >= 0.3 is 6.09 Å². The van der Waals surface area contributed by atoms with Crippen molar-refractivity contribution < 1.29 is 9.53 Å². The summed E-state index contributed by atoms with van der Waals surface area (Å²) >= 11 is 3.59. The van der Waals surface area contributed by atoms with Crippen LogP contribution in [-0.2, 0) is 17.6 Å². The highest BCUT2D eigenvalue weighted by Crippen LogP contribution is 2.38. The van der Waals surface area contributed by atoms with Crippen molar-refractivity contribution in [2.24, 2.45) is 5.92 Å². The molecule has 7 heteroatoms. The number of hydrogen-bond donors (Lipinski definition) is 2. The normalized spacial score (nSPS) is 20.5. The average Bonchev–Trinajstić information content (AvgIpc) is 3.37. The van der Waals surface area contributed by atoms with Gasteiger partial charge in [0.25, 0.3) is 0 Å². The molecule has 1 amide bonds. The summed E-state index contributed by atoms with van der Waals surface area (Å²) in [7, 11) is 1.42. The lowest BCUT2D eigenvalue weighted by Gasteiger charge is -2.37. The van der Waals surface area contributed by atoms with E-state index < -0.39 is 0 Å². The second-order valence-corrected chi connectivity index (χ2v) is 9.71. The van der Waals surface area contributed by atoms with Gasteiger partial charge in [-0.15, -0.1) is 0 Å². The lowest BCUT2D eigenvalue weighted by Crippen LogP contribution is -2.52. The summed E-state index contributed by atoms with van der Waals surface area (Å²) in [6.07, 6.45) is 3.87.